The van der Waals surface area contributed by atoms with Crippen molar-refractivity contribution in [3.8, 4) is 0 Å². The summed E-state index contributed by atoms with van der Waals surface area (Å²) in [5.41, 5.74) is 0. The molecule has 47 heavy (non-hydrogen) atoms. The Morgan fingerprint density at radius 3 is 0.979 bits per heavy atom. The Kier molecular flexibility index (Phi) is 44.4. The Balaban J connectivity index is 0. The Labute approximate surface area is 303 Å². The molecule has 0 heterocycles. The molecule has 0 aromatic heterocycles. The van der Waals surface area contributed by atoms with Crippen molar-refractivity contribution >= 4 is 25.7 Å². The fourth-order valence-electron chi connectivity index (χ4n) is 6.51. The molecule has 5 heteroatoms. The molecule has 0 aromatic rings. The van der Waals surface area contributed by atoms with Crippen molar-refractivity contribution in [3.63, 3.8) is 0 Å². The van der Waals surface area contributed by atoms with Crippen LogP contribution in [0.5, 0.6) is 0 Å². The Morgan fingerprint density at radius 1 is 0.426 bits per heavy atom. The van der Waals surface area contributed by atoms with Crippen molar-refractivity contribution in [1.29, 1.82) is 0 Å². The van der Waals surface area contributed by atoms with Crippen LogP contribution in [0.4, 0.5) is 0 Å². The Morgan fingerprint density at radius 2 is 0.681 bits per heavy atom. The Hall–Kier alpha value is 0.189. The van der Waals surface area contributed by atoms with Gasteiger partial charge in [0.05, 0.1) is 12.2 Å². The second-order valence-corrected chi connectivity index (χ2v) is 23.2. The molecule has 0 saturated heterocycles. The van der Waals surface area contributed by atoms with Gasteiger partial charge in [0.1, 0.15) is 0 Å². The third-order valence-corrected chi connectivity index (χ3v) is 18.9. The number of aliphatic hydroxyl groups is 2. The maximum absolute atomic E-state index is 10.2. The molecule has 2 N–H and O–H groups in total. The number of carbonyl (C=O) groups excluding carboxylic acids is 1. The molecule has 4 nitrogen and oxygen atoms in total. The third-order valence-electron chi connectivity index (χ3n) is 9.83. The second-order valence-electron chi connectivity index (χ2n) is 14.7. The van der Waals surface area contributed by atoms with Gasteiger partial charge in [-0.25, -0.2) is 0 Å². The number of carboxylic acids is 1. The van der Waals surface area contributed by atoms with Crippen LogP contribution in [-0.4, -0.2) is 48.1 Å². The molecular weight excluding hydrogens is 687 g/mol. The number of carboxylic acid groups (broad SMARTS) is 1. The van der Waals surface area contributed by atoms with Crippen molar-refractivity contribution in [2.24, 2.45) is 0 Å². The van der Waals surface area contributed by atoms with Gasteiger partial charge < -0.3 is 20.1 Å². The SMILES string of the molecule is CCCCCCCCC(O)C(O)CCCCCCCC(=O)[O-].CCCCCCC[CH2][Sn+]([CH2]CCCCCCC)[CH2]CCCCCCC. The topological polar surface area (TPSA) is 80.6 Å². The minimum absolute atomic E-state index is 0.138. The van der Waals surface area contributed by atoms with Gasteiger partial charge in [-0.3, -0.25) is 0 Å². The summed E-state index contributed by atoms with van der Waals surface area (Å²) in [6.45, 7) is 9.18. The summed E-state index contributed by atoms with van der Waals surface area (Å²) in [5, 5.41) is 30.0. The zero-order chi connectivity index (χ0) is 35.1. The molecule has 0 aliphatic carbocycles. The molecule has 2 atom stereocenters. The van der Waals surface area contributed by atoms with Crippen molar-refractivity contribution in [2.75, 3.05) is 0 Å². The van der Waals surface area contributed by atoms with Crippen molar-refractivity contribution < 1.29 is 20.1 Å². The van der Waals surface area contributed by atoms with Crippen LogP contribution in [0.3, 0.4) is 0 Å². The van der Waals surface area contributed by atoms with Gasteiger partial charge in [0.25, 0.3) is 0 Å². The van der Waals surface area contributed by atoms with E-state index in [1.807, 2.05) is 0 Å². The zero-order valence-electron chi connectivity index (χ0n) is 32.6. The number of hydrogen-bond acceptors (Lipinski definition) is 4. The van der Waals surface area contributed by atoms with Gasteiger partial charge >= 0.3 is 169 Å². The van der Waals surface area contributed by atoms with Crippen LogP contribution >= 0.6 is 0 Å². The number of rotatable bonds is 37. The van der Waals surface area contributed by atoms with Gasteiger partial charge in [-0.05, 0) is 25.7 Å². The average molecular weight is 774 g/mol. The van der Waals surface area contributed by atoms with Crippen LogP contribution in [0.25, 0.3) is 0 Å². The third kappa shape index (κ3) is 42.3. The summed E-state index contributed by atoms with van der Waals surface area (Å²) in [4.78, 5) is 10.2. The van der Waals surface area contributed by atoms with Crippen LogP contribution in [0.15, 0.2) is 0 Å². The van der Waals surface area contributed by atoms with Gasteiger partial charge in [-0.15, -0.1) is 0 Å². The van der Waals surface area contributed by atoms with E-state index in [1.54, 1.807) is 32.6 Å². The van der Waals surface area contributed by atoms with E-state index in [1.165, 1.54) is 122 Å². The van der Waals surface area contributed by atoms with Crippen LogP contribution in [0, 0.1) is 0 Å². The monoisotopic (exact) mass is 775 g/mol. The van der Waals surface area contributed by atoms with Crippen LogP contribution in [0.1, 0.15) is 233 Å². The van der Waals surface area contributed by atoms with E-state index in [-0.39, 0.29) is 6.42 Å². The van der Waals surface area contributed by atoms with E-state index in [2.05, 4.69) is 27.7 Å². The molecule has 0 amide bonds. The molecule has 282 valence electrons. The first-order valence-electron chi connectivity index (χ1n) is 21.3. The average Bonchev–Trinajstić information content (AvgIpc) is 3.06. The molecule has 0 aliphatic rings. The maximum atomic E-state index is 10.2. The molecule has 0 aliphatic heterocycles. The van der Waals surface area contributed by atoms with E-state index in [0.29, 0.717) is 19.3 Å². The first-order valence-corrected chi connectivity index (χ1v) is 27.4. The zero-order valence-corrected chi connectivity index (χ0v) is 35.5. The molecular formula is C42H86O4Sn. The van der Waals surface area contributed by atoms with E-state index < -0.39 is 37.9 Å². The molecule has 0 bridgehead atoms. The number of aliphatic carboxylic acids is 1. The van der Waals surface area contributed by atoms with Crippen molar-refractivity contribution in [3.05, 3.63) is 0 Å². The van der Waals surface area contributed by atoms with E-state index in [9.17, 15) is 20.1 Å². The molecule has 0 saturated carbocycles. The quantitative estimate of drug-likeness (QED) is 0.0487. The van der Waals surface area contributed by atoms with E-state index in [0.717, 1.165) is 38.5 Å². The summed E-state index contributed by atoms with van der Waals surface area (Å²) in [7, 11) is 0. The summed E-state index contributed by atoms with van der Waals surface area (Å²) in [6.07, 6.45) is 38.8. The van der Waals surface area contributed by atoms with Crippen LogP contribution in [0.2, 0.25) is 13.3 Å². The minimum atomic E-state index is -1.02. The molecule has 0 spiro atoms. The number of aliphatic hydroxyl groups excluding tert-OH is 2. The summed E-state index contributed by atoms with van der Waals surface area (Å²) in [6, 6.07) is 0. The van der Waals surface area contributed by atoms with Crippen molar-refractivity contribution in [1.82, 2.24) is 0 Å². The van der Waals surface area contributed by atoms with Gasteiger partial charge in [-0.1, -0.05) is 71.1 Å². The van der Waals surface area contributed by atoms with Gasteiger partial charge in [-0.2, -0.15) is 0 Å². The number of hydrogen-bond donors (Lipinski definition) is 2. The van der Waals surface area contributed by atoms with E-state index >= 15 is 0 Å². The molecule has 2 unspecified atom stereocenters. The fraction of sp³-hybridized carbons (Fsp3) is 0.976. The van der Waals surface area contributed by atoms with Gasteiger partial charge in [0.15, 0.2) is 0 Å². The fourth-order valence-corrected chi connectivity index (χ4v) is 15.1. The molecule has 0 fully saturated rings. The first kappa shape index (κ1) is 49.3. The normalized spacial score (nSPS) is 12.5. The molecule has 0 aromatic carbocycles. The standard InChI is InChI=1S/C18H36O4.3C8H17.Sn/c1-2-3-4-5-7-10-13-16(19)17(20)14-11-8-6-9-12-15-18(21)22;3*1-3-5-7-8-6-4-2;/h16-17,19-20H,2-15H2,1H3,(H,21,22);3*1,3-8H2,2H3;/q;;;;+1/p-1. The molecule has 0 rings (SSSR count). The number of carbonyl (C=O) groups is 1. The first-order chi connectivity index (χ1) is 22.9. The second kappa shape index (κ2) is 42.4. The molecule has 0 radical (unpaired) electrons. The summed E-state index contributed by atoms with van der Waals surface area (Å²) in [5.74, 6) is -0.978. The van der Waals surface area contributed by atoms with Crippen molar-refractivity contribution in [2.45, 2.75) is 259 Å². The van der Waals surface area contributed by atoms with Gasteiger partial charge in [0, 0.05) is 5.97 Å². The van der Waals surface area contributed by atoms with E-state index in [4.69, 9.17) is 0 Å². The predicted molar refractivity (Wildman–Crippen MR) is 208 cm³/mol. The summed E-state index contributed by atoms with van der Waals surface area (Å²) >= 11 is -1.02. The number of unbranched alkanes of at least 4 members (excludes halogenated alkanes) is 24. The van der Waals surface area contributed by atoms with Crippen LogP contribution < -0.4 is 5.11 Å². The summed E-state index contributed by atoms with van der Waals surface area (Å²) < 4.78 is 5.16. The Bertz CT molecular complexity index is 549. The van der Waals surface area contributed by atoms with Crippen LogP contribution in [-0.2, 0) is 4.79 Å². The van der Waals surface area contributed by atoms with Gasteiger partial charge in [0.2, 0.25) is 0 Å². The predicted octanol–water partition coefficient (Wildman–Crippen LogP) is 12.5.